The predicted molar refractivity (Wildman–Crippen MR) is 120 cm³/mol. The van der Waals surface area contributed by atoms with Gasteiger partial charge in [0.05, 0.1) is 5.92 Å². The van der Waals surface area contributed by atoms with Gasteiger partial charge in [0.25, 0.3) is 5.91 Å². The average molecular weight is 473 g/mol. The maximum absolute atomic E-state index is 12.5. The third kappa shape index (κ3) is 4.73. The number of amides is 2. The van der Waals surface area contributed by atoms with Crippen LogP contribution < -0.4 is 10.2 Å². The Morgan fingerprint density at radius 1 is 1.13 bits per heavy atom. The van der Waals surface area contributed by atoms with Gasteiger partial charge in [-0.15, -0.1) is 0 Å². The van der Waals surface area contributed by atoms with E-state index in [-0.39, 0.29) is 25.5 Å². The summed E-state index contributed by atoms with van der Waals surface area (Å²) in [4.78, 5) is 38.8. The molecule has 1 aliphatic heterocycles. The van der Waals surface area contributed by atoms with Gasteiger partial charge < -0.3 is 15.0 Å². The fourth-order valence-corrected chi connectivity index (χ4v) is 4.35. The minimum Gasteiger partial charge on any atom is -0.455 e. The Bertz CT molecular complexity index is 995. The Morgan fingerprint density at radius 3 is 2.47 bits per heavy atom. The molecule has 0 aliphatic carbocycles. The quantitative estimate of drug-likeness (QED) is 0.660. The largest absolute Gasteiger partial charge is 0.455 e. The Kier molecular flexibility index (Phi) is 6.61. The molecule has 30 heavy (non-hydrogen) atoms. The summed E-state index contributed by atoms with van der Waals surface area (Å²) < 4.78 is 6.14. The summed E-state index contributed by atoms with van der Waals surface area (Å²) in [5.41, 5.74) is 5.44. The van der Waals surface area contributed by atoms with Crippen molar-refractivity contribution in [2.75, 3.05) is 23.4 Å². The molecule has 1 atom stereocenters. The maximum atomic E-state index is 12.5. The number of carbonyl (C=O) groups is 3. The summed E-state index contributed by atoms with van der Waals surface area (Å²) in [5, 5.41) is 2.79. The SMILES string of the molecule is Cc1cccc(N2CC(C(=O)OCC(=O)Nc3c(C)cc(Br)cc3C)CC2=O)c1C. The van der Waals surface area contributed by atoms with Crippen LogP contribution in [-0.2, 0) is 19.1 Å². The van der Waals surface area contributed by atoms with E-state index >= 15 is 0 Å². The van der Waals surface area contributed by atoms with E-state index in [1.807, 2.05) is 58.0 Å². The standard InChI is InChI=1S/C23H25BrN2O4/c1-13-6-5-7-19(16(13)4)26-11-17(10-21(26)28)23(29)30-12-20(27)25-22-14(2)8-18(24)9-15(22)3/h5-9,17H,10-12H2,1-4H3,(H,25,27). The van der Waals surface area contributed by atoms with Gasteiger partial charge in [0.2, 0.25) is 5.91 Å². The lowest BCUT2D eigenvalue weighted by Gasteiger charge is -2.20. The molecule has 7 heteroatoms. The second-order valence-electron chi connectivity index (χ2n) is 7.69. The van der Waals surface area contributed by atoms with Crippen LogP contribution in [0.2, 0.25) is 0 Å². The molecule has 1 N–H and O–H groups in total. The number of esters is 1. The van der Waals surface area contributed by atoms with Crippen LogP contribution in [0.5, 0.6) is 0 Å². The van der Waals surface area contributed by atoms with Crippen molar-refractivity contribution in [2.24, 2.45) is 5.92 Å². The molecule has 2 amide bonds. The molecule has 0 radical (unpaired) electrons. The first-order valence-electron chi connectivity index (χ1n) is 9.77. The van der Waals surface area contributed by atoms with E-state index in [1.165, 1.54) is 0 Å². The highest BCUT2D eigenvalue weighted by atomic mass is 79.9. The van der Waals surface area contributed by atoms with Gasteiger partial charge in [-0.3, -0.25) is 14.4 Å². The van der Waals surface area contributed by atoms with E-state index in [4.69, 9.17) is 4.74 Å². The summed E-state index contributed by atoms with van der Waals surface area (Å²) in [6, 6.07) is 9.57. The third-order valence-corrected chi connectivity index (χ3v) is 5.89. The highest BCUT2D eigenvalue weighted by molar-refractivity contribution is 9.10. The van der Waals surface area contributed by atoms with E-state index in [9.17, 15) is 14.4 Å². The normalized spacial score (nSPS) is 16.0. The molecule has 0 spiro atoms. The number of nitrogens with zero attached hydrogens (tertiary/aromatic N) is 1. The monoisotopic (exact) mass is 472 g/mol. The number of nitrogens with one attached hydrogen (secondary N) is 1. The van der Waals surface area contributed by atoms with E-state index in [0.29, 0.717) is 5.69 Å². The third-order valence-electron chi connectivity index (χ3n) is 5.43. The molecule has 0 bridgehead atoms. The van der Waals surface area contributed by atoms with Crippen molar-refractivity contribution in [3.05, 3.63) is 57.1 Å². The van der Waals surface area contributed by atoms with E-state index in [0.717, 1.165) is 32.4 Å². The summed E-state index contributed by atoms with van der Waals surface area (Å²) >= 11 is 3.42. The summed E-state index contributed by atoms with van der Waals surface area (Å²) in [7, 11) is 0. The van der Waals surface area contributed by atoms with Crippen molar-refractivity contribution in [1.82, 2.24) is 0 Å². The lowest BCUT2D eigenvalue weighted by Crippen LogP contribution is -2.28. The number of hydrogen-bond acceptors (Lipinski definition) is 4. The smallest absolute Gasteiger partial charge is 0.311 e. The van der Waals surface area contributed by atoms with E-state index < -0.39 is 17.8 Å². The van der Waals surface area contributed by atoms with Crippen LogP contribution in [-0.4, -0.2) is 30.9 Å². The number of aryl methyl sites for hydroxylation is 3. The van der Waals surface area contributed by atoms with Crippen molar-refractivity contribution in [3.8, 4) is 0 Å². The molecule has 0 saturated carbocycles. The molecule has 1 saturated heterocycles. The molecule has 158 valence electrons. The molecule has 1 heterocycles. The van der Waals surface area contributed by atoms with Crippen molar-refractivity contribution in [2.45, 2.75) is 34.1 Å². The molecular formula is C23H25BrN2O4. The Labute approximate surface area is 184 Å². The number of halogens is 1. The molecule has 0 aromatic heterocycles. The van der Waals surface area contributed by atoms with Crippen molar-refractivity contribution >= 4 is 45.1 Å². The number of benzene rings is 2. The topological polar surface area (TPSA) is 75.7 Å². The van der Waals surface area contributed by atoms with Crippen LogP contribution in [0.15, 0.2) is 34.8 Å². The van der Waals surface area contributed by atoms with Crippen LogP contribution in [0, 0.1) is 33.6 Å². The van der Waals surface area contributed by atoms with E-state index in [2.05, 4.69) is 21.2 Å². The molecule has 3 rings (SSSR count). The molecule has 2 aromatic carbocycles. The van der Waals surface area contributed by atoms with Crippen LogP contribution in [0.3, 0.4) is 0 Å². The molecule has 1 fully saturated rings. The zero-order chi connectivity index (χ0) is 22.0. The van der Waals surface area contributed by atoms with Crippen LogP contribution in [0.1, 0.15) is 28.7 Å². The molecule has 1 unspecified atom stereocenters. The first-order chi connectivity index (χ1) is 14.2. The number of rotatable bonds is 5. The highest BCUT2D eigenvalue weighted by Gasteiger charge is 2.37. The summed E-state index contributed by atoms with van der Waals surface area (Å²) in [6.45, 7) is 7.60. The Morgan fingerprint density at radius 2 is 1.80 bits per heavy atom. The zero-order valence-corrected chi connectivity index (χ0v) is 19.1. The lowest BCUT2D eigenvalue weighted by molar-refractivity contribution is -0.151. The molecular weight excluding hydrogens is 448 g/mol. The van der Waals surface area contributed by atoms with Crippen molar-refractivity contribution in [3.63, 3.8) is 0 Å². The lowest BCUT2D eigenvalue weighted by atomic mass is 10.1. The predicted octanol–water partition coefficient (Wildman–Crippen LogP) is 4.22. The average Bonchev–Trinajstić information content (AvgIpc) is 3.06. The van der Waals surface area contributed by atoms with Gasteiger partial charge in [-0.05, 0) is 68.1 Å². The Balaban J connectivity index is 1.59. The summed E-state index contributed by atoms with van der Waals surface area (Å²) in [6.07, 6.45) is 0.0821. The molecule has 6 nitrogen and oxygen atoms in total. The van der Waals surface area contributed by atoms with Gasteiger partial charge in [0.1, 0.15) is 0 Å². The van der Waals surface area contributed by atoms with Gasteiger partial charge in [0.15, 0.2) is 6.61 Å². The first kappa shape index (κ1) is 22.0. The zero-order valence-electron chi connectivity index (χ0n) is 17.5. The first-order valence-corrected chi connectivity index (χ1v) is 10.6. The number of carbonyl (C=O) groups excluding carboxylic acids is 3. The van der Waals surface area contributed by atoms with E-state index in [1.54, 1.807) is 4.90 Å². The fraction of sp³-hybridized carbons (Fsp3) is 0.348. The van der Waals surface area contributed by atoms with Crippen LogP contribution in [0.25, 0.3) is 0 Å². The molecule has 2 aromatic rings. The number of anilines is 2. The Hall–Kier alpha value is -2.67. The van der Waals surface area contributed by atoms with Crippen LogP contribution in [0.4, 0.5) is 11.4 Å². The second-order valence-corrected chi connectivity index (χ2v) is 8.61. The van der Waals surface area contributed by atoms with Crippen molar-refractivity contribution < 1.29 is 19.1 Å². The van der Waals surface area contributed by atoms with Gasteiger partial charge in [0, 0.05) is 28.8 Å². The van der Waals surface area contributed by atoms with Crippen LogP contribution >= 0.6 is 15.9 Å². The minimum atomic E-state index is -0.582. The maximum Gasteiger partial charge on any atom is 0.311 e. The number of hydrogen-bond donors (Lipinski definition) is 1. The fourth-order valence-electron chi connectivity index (χ4n) is 3.66. The van der Waals surface area contributed by atoms with Gasteiger partial charge in [-0.2, -0.15) is 0 Å². The van der Waals surface area contributed by atoms with Gasteiger partial charge in [-0.25, -0.2) is 0 Å². The van der Waals surface area contributed by atoms with Gasteiger partial charge >= 0.3 is 5.97 Å². The highest BCUT2D eigenvalue weighted by Crippen LogP contribution is 2.30. The summed E-state index contributed by atoms with van der Waals surface area (Å²) in [5.74, 6) is -1.64. The second kappa shape index (κ2) is 9.00. The molecule has 1 aliphatic rings. The number of ether oxygens (including phenoxy) is 1. The minimum absolute atomic E-state index is 0.0821. The van der Waals surface area contributed by atoms with Crippen molar-refractivity contribution in [1.29, 1.82) is 0 Å². The van der Waals surface area contributed by atoms with Gasteiger partial charge in [-0.1, -0.05) is 28.1 Å².